The first kappa shape index (κ1) is 18.2. The molecule has 3 aromatic rings. The molecule has 0 radical (unpaired) electrons. The quantitative estimate of drug-likeness (QED) is 0.697. The van der Waals surface area contributed by atoms with E-state index in [1.54, 1.807) is 11.3 Å². The van der Waals surface area contributed by atoms with Crippen molar-refractivity contribution in [2.45, 2.75) is 13.5 Å². The highest BCUT2D eigenvalue weighted by Crippen LogP contribution is 2.30. The molecule has 3 heterocycles. The van der Waals surface area contributed by atoms with E-state index in [2.05, 4.69) is 69.5 Å². The van der Waals surface area contributed by atoms with Crippen molar-refractivity contribution in [1.82, 2.24) is 15.1 Å². The number of H-pyrrole nitrogens is 1. The number of nitrogens with one attached hydrogen (secondary N) is 1. The molecule has 5 nitrogen and oxygen atoms in total. The third-order valence-corrected chi connectivity index (χ3v) is 6.08. The summed E-state index contributed by atoms with van der Waals surface area (Å²) in [7, 11) is 2.18. The standard InChI is InChI=1S/C21H26N4OS/c1-3-26-15-18-8-9-21(27-18)20-14-19(22-23-20)16-4-6-17(7-5-16)25-12-10-24(2)11-13-25/h4-9,14H,3,10-13,15H2,1-2H3,(H,22,23). The Morgan fingerprint density at radius 1 is 1.07 bits per heavy atom. The molecule has 0 atom stereocenters. The molecule has 1 aromatic carbocycles. The van der Waals surface area contributed by atoms with Crippen LogP contribution in [0.4, 0.5) is 5.69 Å². The Bertz CT molecular complexity index is 862. The minimum atomic E-state index is 0.677. The summed E-state index contributed by atoms with van der Waals surface area (Å²) in [6.45, 7) is 7.86. The Morgan fingerprint density at radius 3 is 2.59 bits per heavy atom. The molecule has 1 fully saturated rings. The average Bonchev–Trinajstić information content (AvgIpc) is 3.37. The molecule has 0 amide bonds. The van der Waals surface area contributed by atoms with Crippen molar-refractivity contribution in [1.29, 1.82) is 0 Å². The van der Waals surface area contributed by atoms with Crippen molar-refractivity contribution in [3.63, 3.8) is 0 Å². The summed E-state index contributed by atoms with van der Waals surface area (Å²) in [6, 6.07) is 15.1. The lowest BCUT2D eigenvalue weighted by molar-refractivity contribution is 0.136. The third-order valence-electron chi connectivity index (χ3n) is 4.98. The van der Waals surface area contributed by atoms with Crippen molar-refractivity contribution < 1.29 is 4.74 Å². The molecule has 1 aliphatic rings. The highest BCUT2D eigenvalue weighted by Gasteiger charge is 2.14. The first-order valence-electron chi connectivity index (χ1n) is 9.49. The SMILES string of the molecule is CCOCc1ccc(-c2cc(-c3ccc(N4CCN(C)CC4)cc3)n[nH]2)s1. The van der Waals surface area contributed by atoms with E-state index in [0.29, 0.717) is 6.61 Å². The fraction of sp³-hybridized carbons (Fsp3) is 0.381. The van der Waals surface area contributed by atoms with Crippen LogP contribution in [-0.2, 0) is 11.3 Å². The summed E-state index contributed by atoms with van der Waals surface area (Å²) in [6.07, 6.45) is 0. The Balaban J connectivity index is 1.46. The Morgan fingerprint density at radius 2 is 1.85 bits per heavy atom. The number of thiophene rings is 1. The smallest absolute Gasteiger partial charge is 0.0927 e. The molecule has 2 aromatic heterocycles. The average molecular weight is 383 g/mol. The predicted octanol–water partition coefficient (Wildman–Crippen LogP) is 4.09. The first-order chi connectivity index (χ1) is 13.2. The fourth-order valence-electron chi connectivity index (χ4n) is 3.31. The summed E-state index contributed by atoms with van der Waals surface area (Å²) in [5.74, 6) is 0. The van der Waals surface area contributed by atoms with Crippen LogP contribution in [-0.4, -0.2) is 54.9 Å². The number of aromatic amines is 1. The number of likely N-dealkylation sites (N-methyl/N-ethyl adjacent to an activating group) is 1. The van der Waals surface area contributed by atoms with Gasteiger partial charge in [-0.3, -0.25) is 5.10 Å². The first-order valence-corrected chi connectivity index (χ1v) is 10.3. The molecular weight excluding hydrogens is 356 g/mol. The van der Waals surface area contributed by atoms with Gasteiger partial charge in [0.05, 0.1) is 22.9 Å². The van der Waals surface area contributed by atoms with Crippen molar-refractivity contribution in [2.24, 2.45) is 0 Å². The maximum atomic E-state index is 5.49. The second-order valence-electron chi connectivity index (χ2n) is 6.91. The Hall–Kier alpha value is -2.15. The van der Waals surface area contributed by atoms with Gasteiger partial charge >= 0.3 is 0 Å². The number of hydrogen-bond donors (Lipinski definition) is 1. The van der Waals surface area contributed by atoms with E-state index in [1.165, 1.54) is 15.4 Å². The highest BCUT2D eigenvalue weighted by molar-refractivity contribution is 7.15. The van der Waals surface area contributed by atoms with E-state index in [1.807, 2.05) is 6.92 Å². The summed E-state index contributed by atoms with van der Waals surface area (Å²) in [5.41, 5.74) is 4.47. The normalized spacial score (nSPS) is 15.4. The number of anilines is 1. The summed E-state index contributed by atoms with van der Waals surface area (Å²) < 4.78 is 5.49. The van der Waals surface area contributed by atoms with E-state index in [9.17, 15) is 0 Å². The monoisotopic (exact) mass is 382 g/mol. The van der Waals surface area contributed by atoms with Gasteiger partial charge in [0.2, 0.25) is 0 Å². The number of rotatable bonds is 6. The van der Waals surface area contributed by atoms with Gasteiger partial charge in [0.25, 0.3) is 0 Å². The third kappa shape index (κ3) is 4.24. The van der Waals surface area contributed by atoms with Crippen LogP contribution in [0.1, 0.15) is 11.8 Å². The van der Waals surface area contributed by atoms with Gasteiger partial charge in [-0.05, 0) is 44.3 Å². The molecule has 4 rings (SSSR count). The van der Waals surface area contributed by atoms with Crippen molar-refractivity contribution in [3.8, 4) is 21.8 Å². The van der Waals surface area contributed by atoms with Gasteiger partial charge < -0.3 is 14.5 Å². The second-order valence-corrected chi connectivity index (χ2v) is 8.08. The minimum Gasteiger partial charge on any atom is -0.376 e. The number of ether oxygens (including phenoxy) is 1. The molecular formula is C21H26N4OS. The fourth-order valence-corrected chi connectivity index (χ4v) is 4.22. The molecule has 1 N–H and O–H groups in total. The van der Waals surface area contributed by atoms with Crippen molar-refractivity contribution in [2.75, 3.05) is 44.7 Å². The van der Waals surface area contributed by atoms with Gasteiger partial charge in [-0.25, -0.2) is 0 Å². The van der Waals surface area contributed by atoms with Crippen LogP contribution in [0.3, 0.4) is 0 Å². The molecule has 0 aliphatic carbocycles. The lowest BCUT2D eigenvalue weighted by Gasteiger charge is -2.34. The van der Waals surface area contributed by atoms with Crippen LogP contribution in [0, 0.1) is 0 Å². The van der Waals surface area contributed by atoms with Gasteiger partial charge in [0.1, 0.15) is 0 Å². The molecule has 0 saturated carbocycles. The molecule has 1 aliphatic heterocycles. The number of piperazine rings is 1. The van der Waals surface area contributed by atoms with Crippen LogP contribution >= 0.6 is 11.3 Å². The van der Waals surface area contributed by atoms with E-state index in [4.69, 9.17) is 4.74 Å². The van der Waals surface area contributed by atoms with Crippen LogP contribution in [0.25, 0.3) is 21.8 Å². The van der Waals surface area contributed by atoms with Crippen LogP contribution in [0.5, 0.6) is 0 Å². The predicted molar refractivity (Wildman–Crippen MR) is 112 cm³/mol. The van der Waals surface area contributed by atoms with E-state index >= 15 is 0 Å². The van der Waals surface area contributed by atoms with Crippen molar-refractivity contribution in [3.05, 3.63) is 47.3 Å². The van der Waals surface area contributed by atoms with E-state index < -0.39 is 0 Å². The van der Waals surface area contributed by atoms with E-state index in [0.717, 1.165) is 49.7 Å². The van der Waals surface area contributed by atoms with Gasteiger partial charge in [-0.2, -0.15) is 5.10 Å². The maximum Gasteiger partial charge on any atom is 0.0927 e. The molecule has 1 saturated heterocycles. The zero-order valence-electron chi connectivity index (χ0n) is 15.9. The molecule has 0 spiro atoms. The second kappa shape index (κ2) is 8.25. The van der Waals surface area contributed by atoms with Gasteiger partial charge in [0.15, 0.2) is 0 Å². The van der Waals surface area contributed by atoms with Crippen molar-refractivity contribution >= 4 is 17.0 Å². The number of nitrogens with zero attached hydrogens (tertiary/aromatic N) is 3. The highest BCUT2D eigenvalue weighted by atomic mass is 32.1. The maximum absolute atomic E-state index is 5.49. The van der Waals surface area contributed by atoms with E-state index in [-0.39, 0.29) is 0 Å². The molecule has 0 bridgehead atoms. The largest absolute Gasteiger partial charge is 0.376 e. The van der Waals surface area contributed by atoms with Crippen LogP contribution in [0.2, 0.25) is 0 Å². The zero-order chi connectivity index (χ0) is 18.6. The van der Waals surface area contributed by atoms with Crippen LogP contribution < -0.4 is 4.90 Å². The lowest BCUT2D eigenvalue weighted by Crippen LogP contribution is -2.44. The summed E-state index contributed by atoms with van der Waals surface area (Å²) in [5, 5.41) is 7.69. The molecule has 6 heteroatoms. The lowest BCUT2D eigenvalue weighted by atomic mass is 10.1. The van der Waals surface area contributed by atoms with Crippen LogP contribution in [0.15, 0.2) is 42.5 Å². The van der Waals surface area contributed by atoms with Gasteiger partial charge in [-0.15, -0.1) is 11.3 Å². The number of benzene rings is 1. The zero-order valence-corrected chi connectivity index (χ0v) is 16.8. The minimum absolute atomic E-state index is 0.677. The number of hydrogen-bond acceptors (Lipinski definition) is 5. The van der Waals surface area contributed by atoms with Gasteiger partial charge in [0, 0.05) is 48.9 Å². The topological polar surface area (TPSA) is 44.4 Å². The van der Waals surface area contributed by atoms with Gasteiger partial charge in [-0.1, -0.05) is 12.1 Å². The molecule has 0 unspecified atom stereocenters. The molecule has 142 valence electrons. The summed E-state index contributed by atoms with van der Waals surface area (Å²) >= 11 is 1.75. The number of aromatic nitrogens is 2. The Labute approximate surface area is 164 Å². The molecule has 27 heavy (non-hydrogen) atoms. The summed E-state index contributed by atoms with van der Waals surface area (Å²) in [4.78, 5) is 7.25. The Kier molecular flexibility index (Phi) is 5.57.